The van der Waals surface area contributed by atoms with Crippen molar-refractivity contribution in [1.29, 1.82) is 0 Å². The first-order valence-corrected chi connectivity index (χ1v) is 10.1. The minimum Gasteiger partial charge on any atom is -0.406 e. The summed E-state index contributed by atoms with van der Waals surface area (Å²) in [6, 6.07) is 10.7. The molecule has 30 heavy (non-hydrogen) atoms. The number of benzene rings is 2. The molecular formula is C23H27F5O2. The SMILES string of the molecule is CCCCCCCc1ccc(C(F)(F)OC(C)c2ccc(OC(F)(F)F)cc2)cc1. The number of unbranched alkanes of at least 4 members (excludes halogenated alkanes) is 4. The van der Waals surface area contributed by atoms with Crippen LogP contribution in [0.4, 0.5) is 22.0 Å². The topological polar surface area (TPSA) is 18.5 Å². The van der Waals surface area contributed by atoms with Gasteiger partial charge in [0.1, 0.15) is 5.75 Å². The van der Waals surface area contributed by atoms with Crippen molar-refractivity contribution in [2.45, 2.75) is 70.9 Å². The number of hydrogen-bond acceptors (Lipinski definition) is 2. The first-order valence-electron chi connectivity index (χ1n) is 10.1. The van der Waals surface area contributed by atoms with Crippen LogP contribution in [0.1, 0.15) is 68.7 Å². The lowest BCUT2D eigenvalue weighted by atomic mass is 10.0. The summed E-state index contributed by atoms with van der Waals surface area (Å²) in [5, 5.41) is 0. The molecule has 7 heteroatoms. The highest BCUT2D eigenvalue weighted by molar-refractivity contribution is 5.29. The Hall–Kier alpha value is -2.15. The molecule has 0 spiro atoms. The van der Waals surface area contributed by atoms with E-state index in [4.69, 9.17) is 4.74 Å². The maximum absolute atomic E-state index is 14.5. The van der Waals surface area contributed by atoms with Crippen molar-refractivity contribution in [1.82, 2.24) is 0 Å². The average molecular weight is 430 g/mol. The highest BCUT2D eigenvalue weighted by Crippen LogP contribution is 2.36. The Morgan fingerprint density at radius 1 is 0.800 bits per heavy atom. The molecule has 0 fully saturated rings. The van der Waals surface area contributed by atoms with E-state index in [0.29, 0.717) is 5.56 Å². The van der Waals surface area contributed by atoms with Gasteiger partial charge < -0.3 is 9.47 Å². The fourth-order valence-electron chi connectivity index (χ4n) is 3.10. The highest BCUT2D eigenvalue weighted by Gasteiger charge is 2.35. The quantitative estimate of drug-likeness (QED) is 0.266. The van der Waals surface area contributed by atoms with E-state index in [9.17, 15) is 22.0 Å². The second-order valence-corrected chi connectivity index (χ2v) is 7.25. The van der Waals surface area contributed by atoms with Crippen LogP contribution < -0.4 is 4.74 Å². The molecule has 0 bridgehead atoms. The lowest BCUT2D eigenvalue weighted by Gasteiger charge is -2.22. The fourth-order valence-corrected chi connectivity index (χ4v) is 3.10. The maximum atomic E-state index is 14.5. The summed E-state index contributed by atoms with van der Waals surface area (Å²) in [5.41, 5.74) is 1.05. The van der Waals surface area contributed by atoms with Crippen LogP contribution in [0.5, 0.6) is 5.75 Å². The zero-order chi connectivity index (χ0) is 22.2. The van der Waals surface area contributed by atoms with Crippen LogP contribution >= 0.6 is 0 Å². The smallest absolute Gasteiger partial charge is 0.406 e. The van der Waals surface area contributed by atoms with E-state index in [-0.39, 0.29) is 5.56 Å². The minimum atomic E-state index is -4.81. The molecule has 0 aliphatic rings. The predicted molar refractivity (Wildman–Crippen MR) is 105 cm³/mol. The van der Waals surface area contributed by atoms with Crippen molar-refractivity contribution in [3.05, 3.63) is 65.2 Å². The Bertz CT molecular complexity index is 755. The molecule has 2 aromatic carbocycles. The van der Waals surface area contributed by atoms with Gasteiger partial charge in [-0.2, -0.15) is 8.78 Å². The molecule has 1 atom stereocenters. The first kappa shape index (κ1) is 24.1. The van der Waals surface area contributed by atoms with Crippen molar-refractivity contribution < 1.29 is 31.4 Å². The largest absolute Gasteiger partial charge is 0.573 e. The lowest BCUT2D eigenvalue weighted by Crippen LogP contribution is -2.20. The molecule has 0 saturated heterocycles. The van der Waals surface area contributed by atoms with Crippen LogP contribution in [0.25, 0.3) is 0 Å². The normalized spacial score (nSPS) is 13.3. The first-order chi connectivity index (χ1) is 14.1. The number of halogens is 5. The summed E-state index contributed by atoms with van der Waals surface area (Å²) in [7, 11) is 0. The number of hydrogen-bond donors (Lipinski definition) is 0. The molecule has 0 N–H and O–H groups in total. The van der Waals surface area contributed by atoms with Gasteiger partial charge in [0.2, 0.25) is 0 Å². The van der Waals surface area contributed by atoms with E-state index in [1.54, 1.807) is 12.1 Å². The second kappa shape index (κ2) is 10.8. The Kier molecular flexibility index (Phi) is 8.65. The third kappa shape index (κ3) is 7.94. The van der Waals surface area contributed by atoms with Gasteiger partial charge in [-0.05, 0) is 43.0 Å². The minimum absolute atomic E-state index is 0.263. The molecular weight excluding hydrogens is 403 g/mol. The third-order valence-corrected chi connectivity index (χ3v) is 4.77. The van der Waals surface area contributed by atoms with E-state index in [1.807, 2.05) is 0 Å². The molecule has 166 valence electrons. The van der Waals surface area contributed by atoms with Gasteiger partial charge in [-0.15, -0.1) is 13.2 Å². The van der Waals surface area contributed by atoms with Crippen molar-refractivity contribution in [3.8, 4) is 5.75 Å². The number of alkyl halides is 5. The van der Waals surface area contributed by atoms with Crippen LogP contribution in [0, 0.1) is 0 Å². The van der Waals surface area contributed by atoms with Crippen LogP contribution in [0.2, 0.25) is 0 Å². The van der Waals surface area contributed by atoms with Gasteiger partial charge >= 0.3 is 12.5 Å². The van der Waals surface area contributed by atoms with E-state index in [1.165, 1.54) is 50.5 Å². The third-order valence-electron chi connectivity index (χ3n) is 4.77. The summed E-state index contributed by atoms with van der Waals surface area (Å²) < 4.78 is 74.4. The monoisotopic (exact) mass is 430 g/mol. The molecule has 2 aromatic rings. The Morgan fingerprint density at radius 3 is 1.97 bits per heavy atom. The summed E-state index contributed by atoms with van der Waals surface area (Å²) in [6.45, 7) is 3.57. The molecule has 0 amide bonds. The van der Waals surface area contributed by atoms with Crippen LogP contribution in [0.15, 0.2) is 48.5 Å². The lowest BCUT2D eigenvalue weighted by molar-refractivity contribution is -0.274. The number of rotatable bonds is 11. The number of aryl methyl sites for hydroxylation is 1. The summed E-state index contributed by atoms with van der Waals surface area (Å²) >= 11 is 0. The molecule has 2 nitrogen and oxygen atoms in total. The molecule has 0 radical (unpaired) electrons. The summed E-state index contributed by atoms with van der Waals surface area (Å²) in [4.78, 5) is 0. The zero-order valence-corrected chi connectivity index (χ0v) is 17.1. The van der Waals surface area contributed by atoms with E-state index >= 15 is 0 Å². The molecule has 2 rings (SSSR count). The van der Waals surface area contributed by atoms with Crippen LogP contribution in [-0.4, -0.2) is 6.36 Å². The van der Waals surface area contributed by atoms with Gasteiger partial charge in [-0.25, -0.2) is 0 Å². The Labute approximate surface area is 174 Å². The van der Waals surface area contributed by atoms with E-state index < -0.39 is 24.3 Å². The van der Waals surface area contributed by atoms with Crippen molar-refractivity contribution in [3.63, 3.8) is 0 Å². The molecule has 0 aromatic heterocycles. The fraction of sp³-hybridized carbons (Fsp3) is 0.478. The summed E-state index contributed by atoms with van der Waals surface area (Å²) in [6.07, 6.45) is -2.80. The van der Waals surface area contributed by atoms with Gasteiger partial charge in [-0.3, -0.25) is 0 Å². The van der Waals surface area contributed by atoms with E-state index in [0.717, 1.165) is 37.0 Å². The van der Waals surface area contributed by atoms with Gasteiger partial charge in [0.25, 0.3) is 0 Å². The van der Waals surface area contributed by atoms with Crippen LogP contribution in [-0.2, 0) is 17.3 Å². The highest BCUT2D eigenvalue weighted by atomic mass is 19.4. The van der Waals surface area contributed by atoms with Gasteiger partial charge in [0, 0.05) is 0 Å². The van der Waals surface area contributed by atoms with Gasteiger partial charge in [-0.1, -0.05) is 69.0 Å². The van der Waals surface area contributed by atoms with Gasteiger partial charge in [0.05, 0.1) is 11.7 Å². The Morgan fingerprint density at radius 2 is 1.40 bits per heavy atom. The number of ether oxygens (including phenoxy) is 2. The predicted octanol–water partition coefficient (Wildman–Crippen LogP) is 7.93. The van der Waals surface area contributed by atoms with Crippen molar-refractivity contribution in [2.24, 2.45) is 0 Å². The van der Waals surface area contributed by atoms with Crippen molar-refractivity contribution >= 4 is 0 Å². The average Bonchev–Trinajstić information content (AvgIpc) is 2.67. The van der Waals surface area contributed by atoms with E-state index in [2.05, 4.69) is 11.7 Å². The zero-order valence-electron chi connectivity index (χ0n) is 17.1. The molecule has 0 aliphatic heterocycles. The van der Waals surface area contributed by atoms with Crippen molar-refractivity contribution in [2.75, 3.05) is 0 Å². The molecule has 1 unspecified atom stereocenters. The second-order valence-electron chi connectivity index (χ2n) is 7.25. The Balaban J connectivity index is 1.93. The summed E-state index contributed by atoms with van der Waals surface area (Å²) in [5.74, 6) is -0.421. The molecule has 0 aliphatic carbocycles. The maximum Gasteiger partial charge on any atom is 0.573 e. The molecule has 0 saturated carbocycles. The van der Waals surface area contributed by atoms with Gasteiger partial charge in [0.15, 0.2) is 0 Å². The van der Waals surface area contributed by atoms with Crippen LogP contribution in [0.3, 0.4) is 0 Å². The molecule has 0 heterocycles. The standard InChI is InChI=1S/C23H27F5O2/c1-3-4-5-6-7-8-18-9-13-20(14-10-18)22(24,25)29-17(2)19-11-15-21(16-12-19)30-23(26,27)28/h9-17H,3-8H2,1-2H3.